The Balaban J connectivity index is 1.85. The molecule has 4 rings (SSSR count). The van der Waals surface area contributed by atoms with E-state index in [-0.39, 0.29) is 5.16 Å². The lowest BCUT2D eigenvalue weighted by molar-refractivity contribution is 0.592. The Labute approximate surface area is 144 Å². The van der Waals surface area contributed by atoms with Crippen molar-refractivity contribution in [3.05, 3.63) is 67.1 Å². The summed E-state index contributed by atoms with van der Waals surface area (Å²) < 4.78 is 25.2. The van der Waals surface area contributed by atoms with Crippen LogP contribution in [0.2, 0.25) is 0 Å². The molecule has 0 atom stereocenters. The van der Waals surface area contributed by atoms with Crippen LogP contribution < -0.4 is 0 Å². The van der Waals surface area contributed by atoms with Gasteiger partial charge in [-0.1, -0.05) is 36.4 Å². The summed E-state index contributed by atoms with van der Waals surface area (Å²) in [5.74, 6) is 1.14. The van der Waals surface area contributed by atoms with Gasteiger partial charge in [0, 0.05) is 30.4 Å². The van der Waals surface area contributed by atoms with Crippen molar-refractivity contribution in [3.63, 3.8) is 0 Å². The predicted octanol–water partition coefficient (Wildman–Crippen LogP) is 2.89. The van der Waals surface area contributed by atoms with Crippen LogP contribution in [-0.2, 0) is 9.84 Å². The highest BCUT2D eigenvalue weighted by Crippen LogP contribution is 2.25. The number of nitrogens with zero attached hydrogens (tertiary/aromatic N) is 4. The molecule has 6 nitrogen and oxygen atoms in total. The molecular weight excluding hydrogens is 336 g/mol. The van der Waals surface area contributed by atoms with Gasteiger partial charge in [0.15, 0.2) is 0 Å². The largest absolute Gasteiger partial charge is 0.284 e. The summed E-state index contributed by atoms with van der Waals surface area (Å²) in [7, 11) is -3.48. The van der Waals surface area contributed by atoms with E-state index in [0.29, 0.717) is 11.6 Å². The van der Waals surface area contributed by atoms with Gasteiger partial charge in [-0.25, -0.2) is 23.4 Å². The van der Waals surface area contributed by atoms with Crippen LogP contribution in [0.3, 0.4) is 0 Å². The number of rotatable bonds is 3. The molecule has 25 heavy (non-hydrogen) atoms. The molecule has 0 saturated carbocycles. The standard InChI is InChI=1S/C18H14N4O2S/c1-25(23,24)18-20-9-8-16(21-18)22-11-10-19-17(22)15-7-6-13-4-2-3-5-14(13)12-15/h2-12H,1H3. The van der Waals surface area contributed by atoms with Crippen molar-refractivity contribution in [1.29, 1.82) is 0 Å². The topological polar surface area (TPSA) is 77.7 Å². The molecule has 124 valence electrons. The van der Waals surface area contributed by atoms with Gasteiger partial charge in [-0.15, -0.1) is 0 Å². The minimum atomic E-state index is -3.48. The van der Waals surface area contributed by atoms with Gasteiger partial charge in [-0.3, -0.25) is 4.57 Å². The maximum Gasteiger partial charge on any atom is 0.248 e. The average Bonchev–Trinajstić information content (AvgIpc) is 3.10. The maximum absolute atomic E-state index is 11.7. The second-order valence-electron chi connectivity index (χ2n) is 5.65. The molecule has 2 aromatic heterocycles. The number of hydrogen-bond acceptors (Lipinski definition) is 5. The van der Waals surface area contributed by atoms with Crippen molar-refractivity contribution in [1.82, 2.24) is 19.5 Å². The van der Waals surface area contributed by atoms with E-state index in [1.807, 2.05) is 42.5 Å². The summed E-state index contributed by atoms with van der Waals surface area (Å²) in [5, 5.41) is 2.04. The van der Waals surface area contributed by atoms with Crippen LogP contribution in [0.5, 0.6) is 0 Å². The maximum atomic E-state index is 11.7. The van der Waals surface area contributed by atoms with Crippen molar-refractivity contribution < 1.29 is 8.42 Å². The van der Waals surface area contributed by atoms with Gasteiger partial charge in [-0.05, 0) is 22.9 Å². The monoisotopic (exact) mass is 350 g/mol. The van der Waals surface area contributed by atoms with Crippen LogP contribution in [0.15, 0.2) is 72.3 Å². The summed E-state index contributed by atoms with van der Waals surface area (Å²) in [6.07, 6.45) is 5.93. The van der Waals surface area contributed by atoms with E-state index in [1.165, 1.54) is 6.20 Å². The second-order valence-corrected chi connectivity index (χ2v) is 7.56. The summed E-state index contributed by atoms with van der Waals surface area (Å²) in [6, 6.07) is 15.8. The summed E-state index contributed by atoms with van der Waals surface area (Å²) in [4.78, 5) is 12.4. The van der Waals surface area contributed by atoms with Crippen molar-refractivity contribution in [2.45, 2.75) is 5.16 Å². The first kappa shape index (κ1) is 15.5. The van der Waals surface area contributed by atoms with Gasteiger partial charge in [0.2, 0.25) is 15.0 Å². The molecule has 0 saturated heterocycles. The van der Waals surface area contributed by atoms with Gasteiger partial charge >= 0.3 is 0 Å². The van der Waals surface area contributed by atoms with Crippen LogP contribution in [0.25, 0.3) is 28.0 Å². The molecule has 0 aliphatic carbocycles. The molecular formula is C18H14N4O2S. The fraction of sp³-hybridized carbons (Fsp3) is 0.0556. The van der Waals surface area contributed by atoms with Gasteiger partial charge < -0.3 is 0 Å². The molecule has 2 heterocycles. The number of sulfone groups is 1. The Morgan fingerprint density at radius 2 is 1.72 bits per heavy atom. The third kappa shape index (κ3) is 2.89. The lowest BCUT2D eigenvalue weighted by Gasteiger charge is -2.09. The molecule has 0 unspecified atom stereocenters. The lowest BCUT2D eigenvalue weighted by atomic mass is 10.1. The van der Waals surface area contributed by atoms with Crippen LogP contribution in [0.4, 0.5) is 0 Å². The molecule has 0 spiro atoms. The van der Waals surface area contributed by atoms with E-state index in [2.05, 4.69) is 15.0 Å². The van der Waals surface area contributed by atoms with Crippen molar-refractivity contribution >= 4 is 20.6 Å². The second kappa shape index (κ2) is 5.78. The molecule has 0 aliphatic heterocycles. The molecule has 0 bridgehead atoms. The molecule has 4 aromatic rings. The summed E-state index contributed by atoms with van der Waals surface area (Å²) in [6.45, 7) is 0. The smallest absolute Gasteiger partial charge is 0.248 e. The average molecular weight is 350 g/mol. The summed E-state index contributed by atoms with van der Waals surface area (Å²) >= 11 is 0. The van der Waals surface area contributed by atoms with Crippen LogP contribution in [0, 0.1) is 0 Å². The molecule has 0 N–H and O–H groups in total. The Hall–Kier alpha value is -3.06. The van der Waals surface area contributed by atoms with E-state index < -0.39 is 9.84 Å². The van der Waals surface area contributed by atoms with Crippen molar-refractivity contribution in [3.8, 4) is 17.2 Å². The summed E-state index contributed by atoms with van der Waals surface area (Å²) in [5.41, 5.74) is 0.920. The number of benzene rings is 2. The zero-order valence-corrected chi connectivity index (χ0v) is 14.2. The van der Waals surface area contributed by atoms with Crippen LogP contribution in [-0.4, -0.2) is 34.2 Å². The quantitative estimate of drug-likeness (QED) is 0.531. The van der Waals surface area contributed by atoms with E-state index in [1.54, 1.807) is 23.0 Å². The zero-order valence-electron chi connectivity index (χ0n) is 13.4. The fourth-order valence-corrected chi connectivity index (χ4v) is 3.19. The Kier molecular flexibility index (Phi) is 3.58. The molecule has 2 aromatic carbocycles. The Morgan fingerprint density at radius 3 is 2.52 bits per heavy atom. The Morgan fingerprint density at radius 1 is 0.920 bits per heavy atom. The van der Waals surface area contributed by atoms with Crippen LogP contribution in [0.1, 0.15) is 0 Å². The first-order chi connectivity index (χ1) is 12.0. The molecule has 7 heteroatoms. The van der Waals surface area contributed by atoms with E-state index >= 15 is 0 Å². The number of hydrogen-bond donors (Lipinski definition) is 0. The Bertz CT molecular complexity index is 1180. The normalized spacial score (nSPS) is 11.7. The van der Waals surface area contributed by atoms with E-state index in [9.17, 15) is 8.42 Å². The minimum Gasteiger partial charge on any atom is -0.284 e. The van der Waals surface area contributed by atoms with Gasteiger partial charge in [0.1, 0.15) is 11.6 Å². The predicted molar refractivity (Wildman–Crippen MR) is 95.2 cm³/mol. The SMILES string of the molecule is CS(=O)(=O)c1nccc(-n2ccnc2-c2ccc3ccccc3c2)n1. The third-order valence-corrected chi connectivity index (χ3v) is 4.71. The number of aromatic nitrogens is 4. The first-order valence-corrected chi connectivity index (χ1v) is 9.47. The molecule has 0 radical (unpaired) electrons. The molecule has 0 amide bonds. The van der Waals surface area contributed by atoms with E-state index in [0.717, 1.165) is 22.6 Å². The van der Waals surface area contributed by atoms with Gasteiger partial charge in [0.05, 0.1) is 0 Å². The number of imidazole rings is 1. The lowest BCUT2D eigenvalue weighted by Crippen LogP contribution is -2.07. The zero-order chi connectivity index (χ0) is 17.4. The highest BCUT2D eigenvalue weighted by Gasteiger charge is 2.14. The third-order valence-electron chi connectivity index (χ3n) is 3.85. The highest BCUT2D eigenvalue weighted by atomic mass is 32.2. The molecule has 0 fully saturated rings. The van der Waals surface area contributed by atoms with Crippen molar-refractivity contribution in [2.24, 2.45) is 0 Å². The fourth-order valence-electron chi connectivity index (χ4n) is 2.67. The van der Waals surface area contributed by atoms with Crippen LogP contribution >= 0.6 is 0 Å². The number of fused-ring (bicyclic) bond motifs is 1. The van der Waals surface area contributed by atoms with Gasteiger partial charge in [0.25, 0.3) is 0 Å². The minimum absolute atomic E-state index is 0.205. The van der Waals surface area contributed by atoms with Crippen molar-refractivity contribution in [2.75, 3.05) is 6.26 Å². The van der Waals surface area contributed by atoms with E-state index in [4.69, 9.17) is 0 Å². The van der Waals surface area contributed by atoms with Gasteiger partial charge in [-0.2, -0.15) is 0 Å². The first-order valence-electron chi connectivity index (χ1n) is 7.58. The highest BCUT2D eigenvalue weighted by molar-refractivity contribution is 7.90. The molecule has 0 aliphatic rings.